The lowest BCUT2D eigenvalue weighted by Crippen LogP contribution is -2.70. The fraction of sp³-hybridized carbons (Fsp3) is 0.455. The normalized spacial score (nSPS) is 28.7. The lowest BCUT2D eigenvalue weighted by Gasteiger charge is -2.63. The minimum absolute atomic E-state index is 0.280. The Labute approximate surface area is 234 Å². The predicted octanol–water partition coefficient (Wildman–Crippen LogP) is 8.02. The van der Waals surface area contributed by atoms with E-state index in [1.807, 2.05) is 37.3 Å². The summed E-state index contributed by atoms with van der Waals surface area (Å²) in [6, 6.07) is 27.1. The summed E-state index contributed by atoms with van der Waals surface area (Å²) >= 11 is 0. The maximum Gasteiger partial charge on any atom is 0.344 e. The number of benzene rings is 3. The summed E-state index contributed by atoms with van der Waals surface area (Å²) < 4.78 is 17.8. The monoisotopic (exact) mass is 548 g/mol. The Bertz CT molecular complexity index is 1300. The SMILES string of the molecule is CCCCC1(CC)C2(O)OP(O2)OC1(O)c1ccc(C(C)(C)c2ccccc2)cc1C(C)(C)c1ccccc1. The molecule has 6 rings (SSSR count). The molecule has 0 radical (unpaired) electrons. The molecule has 0 aromatic heterocycles. The molecule has 3 saturated heterocycles. The van der Waals surface area contributed by atoms with Gasteiger partial charge in [-0.25, -0.2) is 0 Å². The molecule has 6 heteroatoms. The van der Waals surface area contributed by atoms with Gasteiger partial charge >= 0.3 is 14.6 Å². The molecule has 3 aromatic carbocycles. The van der Waals surface area contributed by atoms with Crippen molar-refractivity contribution < 1.29 is 23.8 Å². The highest BCUT2D eigenvalue weighted by molar-refractivity contribution is 7.43. The van der Waals surface area contributed by atoms with Crippen LogP contribution in [0.4, 0.5) is 0 Å². The fourth-order valence-electron chi connectivity index (χ4n) is 6.36. The molecule has 2 unspecified atom stereocenters. The van der Waals surface area contributed by atoms with Gasteiger partial charge in [-0.15, -0.1) is 0 Å². The van der Waals surface area contributed by atoms with Crippen LogP contribution in [0.15, 0.2) is 78.9 Å². The summed E-state index contributed by atoms with van der Waals surface area (Å²) in [5.41, 5.74) is 3.10. The van der Waals surface area contributed by atoms with Crippen LogP contribution in [0, 0.1) is 5.41 Å². The number of hydrogen-bond donors (Lipinski definition) is 2. The number of aliphatic hydroxyl groups is 2. The standard InChI is InChI=1S/C33H41O5P/c1-7-9-22-31(8-2)32(34,36-39-37-33(31,35)38-39)27-21-20-26(29(3,4)24-16-12-10-13-17-24)23-28(27)30(5,6)25-18-14-11-15-19-25/h10-21,23,34-35H,7-9,22H2,1-6H3. The van der Waals surface area contributed by atoms with Crippen molar-refractivity contribution in [1.29, 1.82) is 0 Å². The molecule has 0 amide bonds. The first-order valence-electron chi connectivity index (χ1n) is 14.0. The van der Waals surface area contributed by atoms with Crippen LogP contribution in [0.3, 0.4) is 0 Å². The average molecular weight is 549 g/mol. The Balaban J connectivity index is 1.75. The largest absolute Gasteiger partial charge is 0.361 e. The van der Waals surface area contributed by atoms with Crippen LogP contribution < -0.4 is 0 Å². The van der Waals surface area contributed by atoms with Gasteiger partial charge in [0.15, 0.2) is 0 Å². The van der Waals surface area contributed by atoms with Gasteiger partial charge in [-0.1, -0.05) is 133 Å². The van der Waals surface area contributed by atoms with Gasteiger partial charge in [-0.2, -0.15) is 0 Å². The smallest absolute Gasteiger partial charge is 0.344 e. The molecular formula is C33H41O5P. The molecule has 2 atom stereocenters. The molecule has 2 bridgehead atoms. The predicted molar refractivity (Wildman–Crippen MR) is 155 cm³/mol. The van der Waals surface area contributed by atoms with Crippen LogP contribution in [-0.4, -0.2) is 16.2 Å². The van der Waals surface area contributed by atoms with E-state index in [0.717, 1.165) is 29.5 Å². The van der Waals surface area contributed by atoms with Gasteiger partial charge < -0.3 is 10.2 Å². The third kappa shape index (κ3) is 4.30. The molecular weight excluding hydrogens is 507 g/mol. The van der Waals surface area contributed by atoms with Gasteiger partial charge in [0, 0.05) is 16.4 Å². The molecule has 39 heavy (non-hydrogen) atoms. The van der Waals surface area contributed by atoms with Crippen molar-refractivity contribution in [2.24, 2.45) is 5.41 Å². The Morgan fingerprint density at radius 1 is 0.718 bits per heavy atom. The van der Waals surface area contributed by atoms with E-state index in [1.165, 1.54) is 5.56 Å². The summed E-state index contributed by atoms with van der Waals surface area (Å²) in [5.74, 6) is -3.70. The molecule has 3 heterocycles. The van der Waals surface area contributed by atoms with E-state index >= 15 is 0 Å². The van der Waals surface area contributed by atoms with Crippen LogP contribution in [0.1, 0.15) is 95.0 Å². The summed E-state index contributed by atoms with van der Waals surface area (Å²) in [6.07, 6.45) is 2.57. The van der Waals surface area contributed by atoms with Crippen LogP contribution >= 0.6 is 8.60 Å². The van der Waals surface area contributed by atoms with Gasteiger partial charge in [-0.05, 0) is 35.1 Å². The fourth-order valence-corrected chi connectivity index (χ4v) is 7.69. The number of unbranched alkanes of at least 4 members (excludes halogenated alkanes) is 1. The van der Waals surface area contributed by atoms with Crippen LogP contribution in [0.25, 0.3) is 0 Å². The molecule has 3 aliphatic heterocycles. The zero-order valence-corrected chi connectivity index (χ0v) is 24.8. The minimum atomic E-state index is -1.90. The third-order valence-electron chi connectivity index (χ3n) is 9.19. The molecule has 2 N–H and O–H groups in total. The summed E-state index contributed by atoms with van der Waals surface area (Å²) in [6.45, 7) is 12.9. The first-order chi connectivity index (χ1) is 18.4. The van der Waals surface area contributed by atoms with E-state index in [1.54, 1.807) is 0 Å². The van der Waals surface area contributed by atoms with Crippen LogP contribution in [0.2, 0.25) is 0 Å². The summed E-state index contributed by atoms with van der Waals surface area (Å²) in [7, 11) is -1.86. The molecule has 5 nitrogen and oxygen atoms in total. The zero-order valence-electron chi connectivity index (χ0n) is 23.9. The minimum Gasteiger partial charge on any atom is -0.361 e. The first kappa shape index (κ1) is 28.4. The van der Waals surface area contributed by atoms with E-state index in [4.69, 9.17) is 13.6 Å². The molecule has 0 aliphatic carbocycles. The molecule has 0 spiro atoms. The third-order valence-corrected chi connectivity index (χ3v) is 10.4. The van der Waals surface area contributed by atoms with Crippen molar-refractivity contribution in [2.75, 3.05) is 0 Å². The van der Waals surface area contributed by atoms with E-state index in [2.05, 4.69) is 83.1 Å². The summed E-state index contributed by atoms with van der Waals surface area (Å²) in [5, 5.41) is 24.3. The number of hydrogen-bond acceptors (Lipinski definition) is 5. The van der Waals surface area contributed by atoms with Gasteiger partial charge in [0.1, 0.15) is 5.41 Å². The Hall–Kier alpha value is -2.11. The van der Waals surface area contributed by atoms with Crippen molar-refractivity contribution in [3.63, 3.8) is 0 Å². The highest BCUT2D eigenvalue weighted by Crippen LogP contribution is 2.76. The van der Waals surface area contributed by atoms with Crippen LogP contribution in [-0.2, 0) is 30.2 Å². The molecule has 3 fully saturated rings. The Kier molecular flexibility index (Phi) is 7.33. The van der Waals surface area contributed by atoms with Crippen molar-refractivity contribution in [3.8, 4) is 0 Å². The van der Waals surface area contributed by atoms with Crippen molar-refractivity contribution in [1.82, 2.24) is 0 Å². The highest BCUT2D eigenvalue weighted by Gasteiger charge is 2.77. The Morgan fingerprint density at radius 3 is 1.82 bits per heavy atom. The van der Waals surface area contributed by atoms with E-state index in [9.17, 15) is 10.2 Å². The second-order valence-corrected chi connectivity index (χ2v) is 13.0. The topological polar surface area (TPSA) is 68.2 Å². The van der Waals surface area contributed by atoms with Gasteiger partial charge in [0.05, 0.1) is 0 Å². The van der Waals surface area contributed by atoms with E-state index < -0.39 is 31.2 Å². The van der Waals surface area contributed by atoms with E-state index in [-0.39, 0.29) is 5.41 Å². The Morgan fingerprint density at radius 2 is 1.28 bits per heavy atom. The number of fused-ring (bicyclic) bond motifs is 2. The van der Waals surface area contributed by atoms with Crippen molar-refractivity contribution >= 4 is 8.60 Å². The molecule has 3 aromatic rings. The summed E-state index contributed by atoms with van der Waals surface area (Å²) in [4.78, 5) is 0. The average Bonchev–Trinajstić information content (AvgIpc) is 2.93. The molecule has 3 aliphatic rings. The quantitative estimate of drug-likeness (QED) is 0.265. The maximum absolute atomic E-state index is 12.7. The first-order valence-corrected chi connectivity index (χ1v) is 15.1. The van der Waals surface area contributed by atoms with E-state index in [0.29, 0.717) is 18.4 Å². The second kappa shape index (κ2) is 10.1. The molecule has 0 saturated carbocycles. The highest BCUT2D eigenvalue weighted by atomic mass is 31.2. The van der Waals surface area contributed by atoms with Crippen molar-refractivity contribution in [2.45, 2.75) is 89.8 Å². The molecule has 208 valence electrons. The maximum atomic E-state index is 12.7. The van der Waals surface area contributed by atoms with Gasteiger partial charge in [0.2, 0.25) is 5.79 Å². The number of rotatable bonds is 9. The second-order valence-electron chi connectivity index (χ2n) is 12.0. The lowest BCUT2D eigenvalue weighted by atomic mass is 9.64. The van der Waals surface area contributed by atoms with Crippen molar-refractivity contribution in [3.05, 3.63) is 107 Å². The zero-order chi connectivity index (χ0) is 28.1. The van der Waals surface area contributed by atoms with Gasteiger partial charge in [0.25, 0.3) is 0 Å². The van der Waals surface area contributed by atoms with Crippen LogP contribution in [0.5, 0.6) is 0 Å². The lowest BCUT2D eigenvalue weighted by molar-refractivity contribution is -0.487. The van der Waals surface area contributed by atoms with Gasteiger partial charge in [-0.3, -0.25) is 13.6 Å².